The van der Waals surface area contributed by atoms with Crippen LogP contribution in [0.2, 0.25) is 0 Å². The number of halogens is 1. The molecule has 9 rings (SSSR count). The maximum absolute atomic E-state index is 12.7. The van der Waals surface area contributed by atoms with E-state index in [4.69, 9.17) is 30.8 Å². The molecule has 0 unspecified atom stereocenters. The molecule has 0 spiro atoms. The monoisotopic (exact) mass is 1130 g/mol. The Morgan fingerprint density at radius 3 is 1.56 bits per heavy atom. The highest BCUT2D eigenvalue weighted by Gasteiger charge is 2.20. The third-order valence-corrected chi connectivity index (χ3v) is 14.4. The van der Waals surface area contributed by atoms with E-state index >= 15 is 0 Å². The first kappa shape index (κ1) is 65.4. The molecule has 3 aliphatic rings. The minimum atomic E-state index is -0.649. The van der Waals surface area contributed by atoms with Crippen LogP contribution in [-0.2, 0) is 6.61 Å². The number of nitrogens with one attached hydrogen (secondary N) is 2. The standard InChI is InChI=1S/C24H30N4O3.C15H22N2O.C9H12N2O3.C8H18N2.C7H5FO/c1-4-5-10-27-11-13-28(14-12-27)18-8-6-17(7-9-18)23-25-20-15-19(30-2)16-21(31-3)22(20)24(29)26-23;1-2-3-8-16-9-11-17(12-10-16)15-6-4-14(13-18)5-7-15;1-14-7-3-5(4-12)2-6(10)8(7)9(11)13;1-2-3-6-10-7-4-9-5-8-10;8-7-3-1-6(5-9)2-4-7/h6-9,15-16H,4-5,10-14H2,1-3H3,(H,25,26,29);4-7,13H,2-3,8-12H2,1H3;2-3,12H,4,10H2,1H3,(H2,11,13);9H,2-8H2,1H3;1-5H. The van der Waals surface area contributed by atoms with Crippen LogP contribution in [0.3, 0.4) is 0 Å². The Labute approximate surface area is 483 Å². The third kappa shape index (κ3) is 20.5. The molecule has 82 heavy (non-hydrogen) atoms. The lowest BCUT2D eigenvalue weighted by atomic mass is 10.1. The van der Waals surface area contributed by atoms with E-state index in [2.05, 4.69) is 72.7 Å². The molecule has 1 aromatic heterocycles. The summed E-state index contributed by atoms with van der Waals surface area (Å²) >= 11 is 0. The Bertz CT molecular complexity index is 2910. The van der Waals surface area contributed by atoms with Gasteiger partial charge >= 0.3 is 0 Å². The second-order valence-electron chi connectivity index (χ2n) is 20.2. The summed E-state index contributed by atoms with van der Waals surface area (Å²) < 4.78 is 27.7. The molecule has 19 heteroatoms. The lowest BCUT2D eigenvalue weighted by Crippen LogP contribution is -2.46. The molecule has 0 saturated carbocycles. The van der Waals surface area contributed by atoms with Gasteiger partial charge in [0.15, 0.2) is 0 Å². The average molecular weight is 1130 g/mol. The number of rotatable bonds is 19. The van der Waals surface area contributed by atoms with Crippen LogP contribution in [0.25, 0.3) is 22.3 Å². The van der Waals surface area contributed by atoms with Crippen molar-refractivity contribution in [2.24, 2.45) is 5.73 Å². The summed E-state index contributed by atoms with van der Waals surface area (Å²) in [6.45, 7) is 23.9. The van der Waals surface area contributed by atoms with Crippen LogP contribution in [0.4, 0.5) is 21.5 Å². The first-order valence-corrected chi connectivity index (χ1v) is 28.6. The number of methoxy groups -OCH3 is 3. The highest BCUT2D eigenvalue weighted by molar-refractivity contribution is 6.01. The van der Waals surface area contributed by atoms with Crippen molar-refractivity contribution in [3.05, 3.63) is 135 Å². The van der Waals surface area contributed by atoms with Gasteiger partial charge in [-0.15, -0.1) is 0 Å². The normalized spacial score (nSPS) is 14.5. The number of benzene rings is 5. The smallest absolute Gasteiger partial charge is 0.262 e. The molecular weight excluding hydrogens is 1040 g/mol. The molecule has 5 aromatic carbocycles. The van der Waals surface area contributed by atoms with E-state index in [-0.39, 0.29) is 35.0 Å². The molecule has 0 bridgehead atoms. The number of nitrogens with zero attached hydrogens (tertiary/aromatic N) is 6. The fraction of sp³-hybridized carbons (Fsp3) is 0.444. The second kappa shape index (κ2) is 35.4. The molecular formula is C63H87FN10O8. The van der Waals surface area contributed by atoms with Crippen LogP contribution in [0.1, 0.15) is 95.9 Å². The van der Waals surface area contributed by atoms with Gasteiger partial charge in [-0.05, 0) is 129 Å². The molecule has 3 aliphatic heterocycles. The lowest BCUT2D eigenvalue weighted by molar-refractivity contribution is 0.0997. The zero-order valence-corrected chi connectivity index (χ0v) is 49.0. The van der Waals surface area contributed by atoms with Gasteiger partial charge in [0.05, 0.1) is 33.5 Å². The fourth-order valence-corrected chi connectivity index (χ4v) is 9.51. The van der Waals surface area contributed by atoms with Crippen molar-refractivity contribution in [2.45, 2.75) is 65.9 Å². The molecule has 3 saturated heterocycles. The molecule has 0 atom stereocenters. The zero-order valence-electron chi connectivity index (χ0n) is 49.0. The average Bonchev–Trinajstić information content (AvgIpc) is 3.58. The van der Waals surface area contributed by atoms with Crippen molar-refractivity contribution in [1.82, 2.24) is 30.0 Å². The van der Waals surface area contributed by atoms with Crippen molar-refractivity contribution < 1.29 is 38.1 Å². The largest absolute Gasteiger partial charge is 0.497 e. The summed E-state index contributed by atoms with van der Waals surface area (Å²) in [5.41, 5.74) is 16.5. The molecule has 0 radical (unpaired) electrons. The first-order valence-electron chi connectivity index (χ1n) is 28.6. The van der Waals surface area contributed by atoms with Gasteiger partial charge in [-0.25, -0.2) is 9.37 Å². The maximum Gasteiger partial charge on any atom is 0.262 e. The number of primary amides is 1. The van der Waals surface area contributed by atoms with Crippen LogP contribution in [-0.4, -0.2) is 168 Å². The number of aromatic nitrogens is 2. The number of carbonyl (C=O) groups is 3. The number of hydrogen-bond donors (Lipinski definition) is 5. The van der Waals surface area contributed by atoms with E-state index in [9.17, 15) is 23.6 Å². The Balaban J connectivity index is 0.000000205. The number of H-pyrrole nitrogens is 1. The lowest BCUT2D eigenvalue weighted by Gasteiger charge is -2.36. The molecule has 18 nitrogen and oxygen atoms in total. The summed E-state index contributed by atoms with van der Waals surface area (Å²) in [6.07, 6.45) is 9.34. The first-order chi connectivity index (χ1) is 39.8. The molecule has 3 fully saturated rings. The minimum absolute atomic E-state index is 0.143. The topological polar surface area (TPSA) is 225 Å². The summed E-state index contributed by atoms with van der Waals surface area (Å²) in [6, 6.07) is 28.0. The van der Waals surface area contributed by atoms with E-state index in [1.165, 1.54) is 146 Å². The number of anilines is 3. The SMILES string of the molecule is CCCCN1CCN(c2ccc(-c3nc4cc(OC)cc(OC)c4c(=O)[nH]3)cc2)CC1.CCCCN1CCN(c2ccc(C=O)cc2)CC1.CCCCN1CCNCC1.COc1cc(CO)cc(N)c1C(N)=O.O=Cc1ccc(F)cc1. The van der Waals surface area contributed by atoms with E-state index < -0.39 is 5.91 Å². The van der Waals surface area contributed by atoms with Crippen LogP contribution < -0.4 is 46.4 Å². The highest BCUT2D eigenvalue weighted by atomic mass is 19.1. The second-order valence-corrected chi connectivity index (χ2v) is 20.2. The summed E-state index contributed by atoms with van der Waals surface area (Å²) in [7, 11) is 4.52. The van der Waals surface area contributed by atoms with E-state index in [0.29, 0.717) is 45.6 Å². The van der Waals surface area contributed by atoms with Crippen LogP contribution in [0.15, 0.2) is 102 Å². The number of hydrogen-bond acceptors (Lipinski definition) is 16. The molecule has 4 heterocycles. The number of aliphatic hydroxyl groups excluding tert-OH is 1. The van der Waals surface area contributed by atoms with Crippen molar-refractivity contribution >= 4 is 46.4 Å². The van der Waals surface area contributed by atoms with Crippen molar-refractivity contribution in [2.75, 3.05) is 135 Å². The number of nitrogen functional groups attached to an aromatic ring is 1. The fourth-order valence-electron chi connectivity index (χ4n) is 9.51. The van der Waals surface area contributed by atoms with E-state index in [1.54, 1.807) is 19.2 Å². The van der Waals surface area contributed by atoms with Gasteiger partial charge in [0.1, 0.15) is 52.4 Å². The number of nitrogens with two attached hydrogens (primary N) is 2. The summed E-state index contributed by atoms with van der Waals surface area (Å²) in [5.74, 6) is 0.889. The predicted molar refractivity (Wildman–Crippen MR) is 328 cm³/mol. The minimum Gasteiger partial charge on any atom is -0.497 e. The maximum atomic E-state index is 12.7. The summed E-state index contributed by atoms with van der Waals surface area (Å²) in [5, 5.41) is 12.7. The molecule has 7 N–H and O–H groups in total. The number of unbranched alkanes of at least 4 members (excludes halogenated alkanes) is 3. The van der Waals surface area contributed by atoms with Gasteiger partial charge in [0.2, 0.25) is 0 Å². The predicted octanol–water partition coefficient (Wildman–Crippen LogP) is 8.15. The quantitative estimate of drug-likeness (QED) is 0.0381. The molecule has 444 valence electrons. The van der Waals surface area contributed by atoms with E-state index in [1.807, 2.05) is 36.4 Å². The number of amides is 1. The number of carbonyl (C=O) groups excluding carboxylic acids is 3. The molecule has 0 aliphatic carbocycles. The number of fused-ring (bicyclic) bond motifs is 1. The Morgan fingerprint density at radius 2 is 1.12 bits per heavy atom. The van der Waals surface area contributed by atoms with Crippen LogP contribution in [0, 0.1) is 5.82 Å². The third-order valence-electron chi connectivity index (χ3n) is 14.4. The number of ether oxygens (including phenoxy) is 3. The Hall–Kier alpha value is -7.42. The Morgan fingerprint density at radius 1 is 0.646 bits per heavy atom. The van der Waals surface area contributed by atoms with Gasteiger partial charge in [0.25, 0.3) is 11.5 Å². The molecule has 6 aromatic rings. The number of piperazine rings is 3. The van der Waals surface area contributed by atoms with Gasteiger partial charge in [-0.3, -0.25) is 29.0 Å². The van der Waals surface area contributed by atoms with Crippen LogP contribution >= 0.6 is 0 Å². The van der Waals surface area contributed by atoms with Crippen molar-refractivity contribution in [3.63, 3.8) is 0 Å². The van der Waals surface area contributed by atoms with Crippen molar-refractivity contribution in [3.8, 4) is 28.6 Å². The number of aldehydes is 2. The van der Waals surface area contributed by atoms with Gasteiger partial charge in [-0.1, -0.05) is 40.0 Å². The van der Waals surface area contributed by atoms with Gasteiger partial charge < -0.3 is 55.8 Å². The molecule has 1 amide bonds. The Kier molecular flexibility index (Phi) is 28.3. The van der Waals surface area contributed by atoms with Crippen LogP contribution in [0.5, 0.6) is 17.2 Å². The number of aliphatic hydroxyl groups is 1. The van der Waals surface area contributed by atoms with Crippen molar-refractivity contribution in [1.29, 1.82) is 0 Å². The summed E-state index contributed by atoms with van der Waals surface area (Å²) in [4.78, 5) is 64.4. The highest BCUT2D eigenvalue weighted by Crippen LogP contribution is 2.30. The number of aromatic amines is 1. The van der Waals surface area contributed by atoms with Gasteiger partial charge in [0, 0.05) is 124 Å². The van der Waals surface area contributed by atoms with Gasteiger partial charge in [-0.2, -0.15) is 0 Å². The van der Waals surface area contributed by atoms with E-state index in [0.717, 1.165) is 69.8 Å². The zero-order chi connectivity index (χ0) is 59.2.